The molecule has 0 aliphatic rings. The van der Waals surface area contributed by atoms with Gasteiger partial charge in [-0.05, 0) is 25.0 Å². The van der Waals surface area contributed by atoms with Crippen LogP contribution in [-0.2, 0) is 4.79 Å². The van der Waals surface area contributed by atoms with E-state index >= 15 is 0 Å². The molecule has 2 N–H and O–H groups in total. The number of carbonyl (C=O) groups excluding carboxylic acids is 1. The summed E-state index contributed by atoms with van der Waals surface area (Å²) in [6.45, 7) is 7.74. The zero-order valence-corrected chi connectivity index (χ0v) is 11.3. The van der Waals surface area contributed by atoms with Gasteiger partial charge in [-0.2, -0.15) is 0 Å². The smallest absolute Gasteiger partial charge is 0.239 e. The molecule has 1 rings (SSSR count). The second-order valence-electron chi connectivity index (χ2n) is 4.54. The first-order chi connectivity index (χ1) is 8.61. The Morgan fingerprint density at radius 2 is 2.17 bits per heavy atom. The van der Waals surface area contributed by atoms with E-state index in [4.69, 9.17) is 4.74 Å². The number of hydrogen-bond acceptors (Lipinski definition) is 3. The van der Waals surface area contributed by atoms with Gasteiger partial charge in [0.15, 0.2) is 0 Å². The lowest BCUT2D eigenvalue weighted by molar-refractivity contribution is -0.119. The minimum atomic E-state index is -0.00833. The predicted octanol–water partition coefficient (Wildman–Crippen LogP) is 2.27. The number of ether oxygens (including phenoxy) is 1. The number of hydrogen-bond donors (Lipinski definition) is 2. The lowest BCUT2D eigenvalue weighted by Gasteiger charge is -2.11. The Bertz CT molecular complexity index is 378. The highest BCUT2D eigenvalue weighted by Crippen LogP contribution is 2.17. The van der Waals surface area contributed by atoms with Crippen LogP contribution in [-0.4, -0.2) is 25.6 Å². The summed E-state index contributed by atoms with van der Waals surface area (Å²) >= 11 is 0. The third-order valence-corrected chi connectivity index (χ3v) is 2.24. The Labute approximate surface area is 109 Å². The van der Waals surface area contributed by atoms with Gasteiger partial charge in [-0.1, -0.05) is 19.9 Å². The minimum absolute atomic E-state index is 0.00833. The number of benzene rings is 1. The van der Waals surface area contributed by atoms with Crippen LogP contribution in [0.4, 0.5) is 5.69 Å². The van der Waals surface area contributed by atoms with Gasteiger partial charge in [0.1, 0.15) is 5.75 Å². The Hall–Kier alpha value is -1.71. The maximum atomic E-state index is 11.3. The lowest BCUT2D eigenvalue weighted by atomic mass is 10.2. The summed E-state index contributed by atoms with van der Waals surface area (Å²) in [5.74, 6) is 1.31. The van der Waals surface area contributed by atoms with Gasteiger partial charge in [0, 0.05) is 18.3 Å². The van der Waals surface area contributed by atoms with Crippen molar-refractivity contribution in [3.63, 3.8) is 0 Å². The minimum Gasteiger partial charge on any atom is -0.493 e. The molecular weight excluding hydrogens is 228 g/mol. The molecule has 1 aromatic carbocycles. The Balaban J connectivity index is 2.46. The van der Waals surface area contributed by atoms with Crippen molar-refractivity contribution >= 4 is 11.6 Å². The van der Waals surface area contributed by atoms with Crippen molar-refractivity contribution in [3.8, 4) is 5.75 Å². The number of anilines is 1. The summed E-state index contributed by atoms with van der Waals surface area (Å²) in [6, 6.07) is 7.65. The van der Waals surface area contributed by atoms with Crippen molar-refractivity contribution in [2.45, 2.75) is 20.8 Å². The summed E-state index contributed by atoms with van der Waals surface area (Å²) < 4.78 is 5.62. The summed E-state index contributed by atoms with van der Waals surface area (Å²) in [7, 11) is 0. The summed E-state index contributed by atoms with van der Waals surface area (Å²) in [5, 5.41) is 5.80. The molecule has 0 atom stereocenters. The van der Waals surface area contributed by atoms with Crippen molar-refractivity contribution in [1.82, 2.24) is 5.32 Å². The van der Waals surface area contributed by atoms with Crippen LogP contribution >= 0.6 is 0 Å². The van der Waals surface area contributed by atoms with E-state index in [1.165, 1.54) is 0 Å². The molecular formula is C14H22N2O2. The molecule has 0 aromatic heterocycles. The van der Waals surface area contributed by atoms with Crippen molar-refractivity contribution in [2.75, 3.05) is 25.0 Å². The average Bonchev–Trinajstić information content (AvgIpc) is 2.35. The molecule has 0 bridgehead atoms. The second kappa shape index (κ2) is 7.58. The van der Waals surface area contributed by atoms with Crippen molar-refractivity contribution in [3.05, 3.63) is 24.3 Å². The predicted molar refractivity (Wildman–Crippen MR) is 73.9 cm³/mol. The molecule has 0 fully saturated rings. The highest BCUT2D eigenvalue weighted by atomic mass is 16.5. The molecule has 0 aliphatic carbocycles. The third kappa shape index (κ3) is 5.57. The lowest BCUT2D eigenvalue weighted by Crippen LogP contribution is -2.29. The molecule has 1 aromatic rings. The van der Waals surface area contributed by atoms with Gasteiger partial charge < -0.3 is 15.4 Å². The zero-order chi connectivity index (χ0) is 13.4. The fraction of sp³-hybridized carbons (Fsp3) is 0.500. The number of rotatable bonds is 7. The van der Waals surface area contributed by atoms with Crippen LogP contribution in [0.2, 0.25) is 0 Å². The number of carbonyl (C=O) groups is 1. The van der Waals surface area contributed by atoms with E-state index < -0.39 is 0 Å². The SMILES string of the molecule is CCNC(=O)CNc1cccc(OCC(C)C)c1. The van der Waals surface area contributed by atoms with Gasteiger partial charge >= 0.3 is 0 Å². The first-order valence-corrected chi connectivity index (χ1v) is 6.35. The summed E-state index contributed by atoms with van der Waals surface area (Å²) in [5.41, 5.74) is 0.891. The maximum absolute atomic E-state index is 11.3. The van der Waals surface area contributed by atoms with E-state index in [-0.39, 0.29) is 12.5 Å². The highest BCUT2D eigenvalue weighted by Gasteiger charge is 2.01. The maximum Gasteiger partial charge on any atom is 0.239 e. The van der Waals surface area contributed by atoms with E-state index in [9.17, 15) is 4.79 Å². The first kappa shape index (κ1) is 14.4. The molecule has 1 amide bonds. The largest absolute Gasteiger partial charge is 0.493 e. The van der Waals surface area contributed by atoms with Crippen molar-refractivity contribution in [2.24, 2.45) is 5.92 Å². The molecule has 0 unspecified atom stereocenters. The monoisotopic (exact) mass is 250 g/mol. The number of amides is 1. The summed E-state index contributed by atoms with van der Waals surface area (Å²) in [4.78, 5) is 11.3. The van der Waals surface area contributed by atoms with Crippen LogP contribution in [0.1, 0.15) is 20.8 Å². The molecule has 100 valence electrons. The fourth-order valence-corrected chi connectivity index (χ4v) is 1.40. The van der Waals surface area contributed by atoms with Crippen LogP contribution < -0.4 is 15.4 Å². The topological polar surface area (TPSA) is 50.4 Å². The van der Waals surface area contributed by atoms with Gasteiger partial charge in [0.25, 0.3) is 0 Å². The number of nitrogens with one attached hydrogen (secondary N) is 2. The van der Waals surface area contributed by atoms with E-state index in [0.29, 0.717) is 19.1 Å². The van der Waals surface area contributed by atoms with Crippen LogP contribution in [0.5, 0.6) is 5.75 Å². The Morgan fingerprint density at radius 3 is 2.83 bits per heavy atom. The van der Waals surface area contributed by atoms with Crippen molar-refractivity contribution < 1.29 is 9.53 Å². The van der Waals surface area contributed by atoms with E-state index in [0.717, 1.165) is 11.4 Å². The van der Waals surface area contributed by atoms with Gasteiger partial charge in [-0.3, -0.25) is 4.79 Å². The molecule has 18 heavy (non-hydrogen) atoms. The second-order valence-corrected chi connectivity index (χ2v) is 4.54. The van der Waals surface area contributed by atoms with Gasteiger partial charge in [-0.15, -0.1) is 0 Å². The van der Waals surface area contributed by atoms with Crippen molar-refractivity contribution in [1.29, 1.82) is 0 Å². The molecule has 0 aliphatic heterocycles. The van der Waals surface area contributed by atoms with E-state index in [1.807, 2.05) is 31.2 Å². The quantitative estimate of drug-likeness (QED) is 0.780. The molecule has 4 nitrogen and oxygen atoms in total. The van der Waals surface area contributed by atoms with Crippen LogP contribution in [0.3, 0.4) is 0 Å². The Kier molecular flexibility index (Phi) is 6.05. The highest BCUT2D eigenvalue weighted by molar-refractivity contribution is 5.80. The van der Waals surface area contributed by atoms with Gasteiger partial charge in [0.05, 0.1) is 13.2 Å². The molecule has 4 heteroatoms. The van der Waals surface area contributed by atoms with Crippen LogP contribution in [0.15, 0.2) is 24.3 Å². The standard InChI is InChI=1S/C14H22N2O2/c1-4-15-14(17)9-16-12-6-5-7-13(8-12)18-10-11(2)3/h5-8,11,16H,4,9-10H2,1-3H3,(H,15,17). The van der Waals surface area contributed by atoms with E-state index in [2.05, 4.69) is 24.5 Å². The summed E-state index contributed by atoms with van der Waals surface area (Å²) in [6.07, 6.45) is 0. The molecule has 0 saturated carbocycles. The Morgan fingerprint density at radius 1 is 1.39 bits per heavy atom. The normalized spacial score (nSPS) is 10.2. The number of likely N-dealkylation sites (N-methyl/N-ethyl adjacent to an activating group) is 1. The molecule has 0 spiro atoms. The van der Waals surface area contributed by atoms with Gasteiger partial charge in [0.2, 0.25) is 5.91 Å². The van der Waals surface area contributed by atoms with Gasteiger partial charge in [-0.25, -0.2) is 0 Å². The third-order valence-electron chi connectivity index (χ3n) is 2.24. The molecule has 0 heterocycles. The van der Waals surface area contributed by atoms with Crippen LogP contribution in [0.25, 0.3) is 0 Å². The zero-order valence-electron chi connectivity index (χ0n) is 11.3. The van der Waals surface area contributed by atoms with Crippen LogP contribution in [0, 0.1) is 5.92 Å². The first-order valence-electron chi connectivity index (χ1n) is 6.35. The average molecular weight is 250 g/mol. The molecule has 0 saturated heterocycles. The fourth-order valence-electron chi connectivity index (χ4n) is 1.40. The molecule has 0 radical (unpaired) electrons. The van der Waals surface area contributed by atoms with E-state index in [1.54, 1.807) is 0 Å².